The van der Waals surface area contributed by atoms with Gasteiger partial charge in [-0.25, -0.2) is 0 Å². The standard InChI is InChI=1S/C26H30N2O4/c1-14-10-19(25(31)27-23-17-8-4-2-6-15(17)12-21(23)29)20(11-14)26(32)28-24-18-9-5-3-7-16(18)13-22(24)30/h2-9,14,19-24,29-30H,10-13H2,1H3,(H,27,31)(H,28,32). The Hall–Kier alpha value is -2.70. The lowest BCUT2D eigenvalue weighted by Gasteiger charge is -2.25. The summed E-state index contributed by atoms with van der Waals surface area (Å²) in [5.74, 6) is -0.995. The normalized spacial score (nSPS) is 32.9. The van der Waals surface area contributed by atoms with E-state index in [1.54, 1.807) is 0 Å². The monoisotopic (exact) mass is 434 g/mol. The molecule has 6 heteroatoms. The molecule has 6 unspecified atom stereocenters. The summed E-state index contributed by atoms with van der Waals surface area (Å²) in [4.78, 5) is 26.5. The van der Waals surface area contributed by atoms with E-state index in [1.165, 1.54) is 0 Å². The number of aliphatic hydroxyl groups is 2. The average molecular weight is 435 g/mol. The number of amides is 2. The summed E-state index contributed by atoms with van der Waals surface area (Å²) in [5, 5.41) is 27.1. The lowest BCUT2D eigenvalue weighted by molar-refractivity contribution is -0.135. The number of hydrogen-bond acceptors (Lipinski definition) is 4. The molecule has 2 aromatic rings. The van der Waals surface area contributed by atoms with E-state index in [4.69, 9.17) is 0 Å². The second kappa shape index (κ2) is 8.34. The molecule has 0 heterocycles. The number of nitrogens with one attached hydrogen (secondary N) is 2. The van der Waals surface area contributed by atoms with Gasteiger partial charge in [-0.1, -0.05) is 55.5 Å². The lowest BCUT2D eigenvalue weighted by Crippen LogP contribution is -2.44. The van der Waals surface area contributed by atoms with Gasteiger partial charge in [0, 0.05) is 24.7 Å². The number of hydrogen-bond donors (Lipinski definition) is 4. The minimum absolute atomic E-state index is 0.178. The van der Waals surface area contributed by atoms with E-state index >= 15 is 0 Å². The van der Waals surface area contributed by atoms with Crippen LogP contribution in [0.25, 0.3) is 0 Å². The lowest BCUT2D eigenvalue weighted by atomic mass is 9.92. The van der Waals surface area contributed by atoms with Gasteiger partial charge in [0.05, 0.1) is 24.3 Å². The number of carbonyl (C=O) groups excluding carboxylic acids is 2. The van der Waals surface area contributed by atoms with Crippen LogP contribution in [0.1, 0.15) is 54.1 Å². The van der Waals surface area contributed by atoms with Gasteiger partial charge in [-0.15, -0.1) is 0 Å². The molecule has 2 amide bonds. The van der Waals surface area contributed by atoms with Crippen LogP contribution in [0, 0.1) is 17.8 Å². The van der Waals surface area contributed by atoms with Crippen molar-refractivity contribution in [1.82, 2.24) is 10.6 Å². The number of fused-ring (bicyclic) bond motifs is 2. The van der Waals surface area contributed by atoms with Crippen LogP contribution in [0.3, 0.4) is 0 Å². The first-order chi connectivity index (χ1) is 15.4. The molecule has 6 nitrogen and oxygen atoms in total. The van der Waals surface area contributed by atoms with Crippen LogP contribution in [0.2, 0.25) is 0 Å². The Morgan fingerprint density at radius 3 is 1.59 bits per heavy atom. The second-order valence-corrected chi connectivity index (χ2v) is 9.70. The number of carbonyl (C=O) groups is 2. The van der Waals surface area contributed by atoms with Crippen molar-refractivity contribution in [3.8, 4) is 0 Å². The van der Waals surface area contributed by atoms with Gasteiger partial charge in [0.1, 0.15) is 0 Å². The average Bonchev–Trinajstić information content (AvgIpc) is 3.42. The Morgan fingerprint density at radius 2 is 1.16 bits per heavy atom. The maximum absolute atomic E-state index is 13.3. The molecule has 168 valence electrons. The second-order valence-electron chi connectivity index (χ2n) is 9.70. The zero-order valence-electron chi connectivity index (χ0n) is 18.2. The van der Waals surface area contributed by atoms with Gasteiger partial charge in [-0.3, -0.25) is 9.59 Å². The summed E-state index contributed by atoms with van der Waals surface area (Å²) in [7, 11) is 0. The van der Waals surface area contributed by atoms with Crippen molar-refractivity contribution in [3.63, 3.8) is 0 Å². The molecule has 0 aromatic heterocycles. The third-order valence-electron chi connectivity index (χ3n) is 7.48. The molecular formula is C26H30N2O4. The summed E-state index contributed by atoms with van der Waals surface area (Å²) in [6.45, 7) is 2.06. The highest BCUT2D eigenvalue weighted by molar-refractivity contribution is 5.89. The van der Waals surface area contributed by atoms with E-state index in [0.29, 0.717) is 25.7 Å². The van der Waals surface area contributed by atoms with Crippen LogP contribution in [0.15, 0.2) is 48.5 Å². The van der Waals surface area contributed by atoms with Crippen molar-refractivity contribution in [2.45, 2.75) is 56.9 Å². The third-order valence-corrected chi connectivity index (χ3v) is 7.48. The van der Waals surface area contributed by atoms with E-state index in [-0.39, 0.29) is 17.7 Å². The minimum atomic E-state index is -0.660. The van der Waals surface area contributed by atoms with Gasteiger partial charge in [0.15, 0.2) is 0 Å². The topological polar surface area (TPSA) is 98.7 Å². The van der Waals surface area contributed by atoms with E-state index < -0.39 is 36.1 Å². The maximum atomic E-state index is 13.3. The Morgan fingerprint density at radius 1 is 0.750 bits per heavy atom. The highest BCUT2D eigenvalue weighted by Gasteiger charge is 2.44. The van der Waals surface area contributed by atoms with Crippen molar-refractivity contribution in [1.29, 1.82) is 0 Å². The summed E-state index contributed by atoms with van der Waals surface area (Å²) in [6, 6.07) is 14.6. The Kier molecular flexibility index (Phi) is 5.51. The maximum Gasteiger partial charge on any atom is 0.224 e. The Labute approximate surface area is 188 Å². The molecular weight excluding hydrogens is 404 g/mol. The molecule has 3 aliphatic rings. The quantitative estimate of drug-likeness (QED) is 0.593. The van der Waals surface area contributed by atoms with E-state index in [0.717, 1.165) is 22.3 Å². The van der Waals surface area contributed by atoms with Gasteiger partial charge in [0.2, 0.25) is 11.8 Å². The molecule has 2 aromatic carbocycles. The van der Waals surface area contributed by atoms with Crippen molar-refractivity contribution >= 4 is 11.8 Å². The fourth-order valence-corrected chi connectivity index (χ4v) is 5.89. The molecule has 1 fully saturated rings. The predicted octanol–water partition coefficient (Wildman–Crippen LogP) is 2.20. The zero-order valence-corrected chi connectivity index (χ0v) is 18.2. The highest BCUT2D eigenvalue weighted by Crippen LogP contribution is 2.39. The molecule has 0 aliphatic heterocycles. The smallest absolute Gasteiger partial charge is 0.224 e. The summed E-state index contributed by atoms with van der Waals surface area (Å²) in [6.07, 6.45) is 0.993. The van der Waals surface area contributed by atoms with Crippen molar-refractivity contribution in [2.24, 2.45) is 17.8 Å². The molecule has 1 saturated carbocycles. The Balaban J connectivity index is 1.30. The minimum Gasteiger partial charge on any atom is -0.390 e. The number of aliphatic hydroxyl groups excluding tert-OH is 2. The Bertz CT molecular complexity index is 956. The van der Waals surface area contributed by atoms with E-state index in [1.807, 2.05) is 48.5 Å². The fourth-order valence-electron chi connectivity index (χ4n) is 5.89. The fraction of sp³-hybridized carbons (Fsp3) is 0.462. The van der Waals surface area contributed by atoms with Gasteiger partial charge in [-0.05, 0) is 41.0 Å². The molecule has 4 N–H and O–H groups in total. The molecule has 0 saturated heterocycles. The van der Waals surface area contributed by atoms with Crippen molar-refractivity contribution in [2.75, 3.05) is 0 Å². The van der Waals surface area contributed by atoms with Crippen LogP contribution < -0.4 is 10.6 Å². The molecule has 0 radical (unpaired) electrons. The van der Waals surface area contributed by atoms with E-state index in [9.17, 15) is 19.8 Å². The van der Waals surface area contributed by atoms with Crippen LogP contribution in [-0.4, -0.2) is 34.2 Å². The van der Waals surface area contributed by atoms with Crippen LogP contribution in [-0.2, 0) is 22.4 Å². The largest absolute Gasteiger partial charge is 0.390 e. The first-order valence-electron chi connectivity index (χ1n) is 11.5. The van der Waals surface area contributed by atoms with E-state index in [2.05, 4.69) is 17.6 Å². The van der Waals surface area contributed by atoms with Crippen molar-refractivity contribution < 1.29 is 19.8 Å². The summed E-state index contributed by atoms with van der Waals surface area (Å²) < 4.78 is 0. The summed E-state index contributed by atoms with van der Waals surface area (Å²) >= 11 is 0. The number of benzene rings is 2. The highest BCUT2D eigenvalue weighted by atomic mass is 16.3. The van der Waals surface area contributed by atoms with Crippen LogP contribution >= 0.6 is 0 Å². The van der Waals surface area contributed by atoms with Crippen molar-refractivity contribution in [3.05, 3.63) is 70.8 Å². The van der Waals surface area contributed by atoms with Crippen LogP contribution in [0.5, 0.6) is 0 Å². The molecule has 5 rings (SSSR count). The third kappa shape index (κ3) is 3.71. The molecule has 0 spiro atoms. The SMILES string of the molecule is CC1CC(C(=O)NC2c3ccccc3CC2O)C(C(=O)NC2c3ccccc3CC2O)C1. The summed E-state index contributed by atoms with van der Waals surface area (Å²) in [5.41, 5.74) is 4.00. The first-order valence-corrected chi connectivity index (χ1v) is 11.5. The molecule has 32 heavy (non-hydrogen) atoms. The molecule has 3 aliphatic carbocycles. The van der Waals surface area contributed by atoms with Gasteiger partial charge in [0.25, 0.3) is 0 Å². The molecule has 0 bridgehead atoms. The zero-order chi connectivity index (χ0) is 22.4. The van der Waals surface area contributed by atoms with Gasteiger partial charge >= 0.3 is 0 Å². The van der Waals surface area contributed by atoms with Gasteiger partial charge < -0.3 is 20.8 Å². The number of rotatable bonds is 4. The van der Waals surface area contributed by atoms with Gasteiger partial charge in [-0.2, -0.15) is 0 Å². The van der Waals surface area contributed by atoms with Crippen LogP contribution in [0.4, 0.5) is 0 Å². The first kappa shape index (κ1) is 21.2. The predicted molar refractivity (Wildman–Crippen MR) is 119 cm³/mol. The molecule has 6 atom stereocenters.